The first-order chi connectivity index (χ1) is 7.79. The fraction of sp³-hybridized carbons (Fsp3) is 0.0909. The van der Waals surface area contributed by atoms with Gasteiger partial charge in [0.15, 0.2) is 16.7 Å². The molecule has 0 radical (unpaired) electrons. The minimum absolute atomic E-state index is 0.326. The minimum atomic E-state index is 0.326. The molecule has 0 spiro atoms. The summed E-state index contributed by atoms with van der Waals surface area (Å²) >= 11 is 5.62. The summed E-state index contributed by atoms with van der Waals surface area (Å²) in [4.78, 5) is 0. The summed E-state index contributed by atoms with van der Waals surface area (Å²) in [6.07, 6.45) is 0. The van der Waals surface area contributed by atoms with Crippen molar-refractivity contribution < 1.29 is 9.47 Å². The van der Waals surface area contributed by atoms with Gasteiger partial charge in [-0.3, -0.25) is 0 Å². The largest absolute Gasteiger partial charge is 0.493 e. The van der Waals surface area contributed by atoms with Crippen molar-refractivity contribution in [3.8, 4) is 17.4 Å². The zero-order valence-electron chi connectivity index (χ0n) is 8.55. The highest BCUT2D eigenvalue weighted by molar-refractivity contribution is 6.29. The molecule has 0 fully saturated rings. The number of ether oxygens (including phenoxy) is 2. The number of benzene rings is 1. The van der Waals surface area contributed by atoms with E-state index in [0.29, 0.717) is 22.5 Å². The normalized spacial score (nSPS) is 9.88. The molecule has 82 valence electrons. The predicted molar refractivity (Wildman–Crippen MR) is 60.1 cm³/mol. The first-order valence-corrected chi connectivity index (χ1v) is 4.97. The molecule has 4 nitrogen and oxygen atoms in total. The number of methoxy groups -OCH3 is 1. The lowest BCUT2D eigenvalue weighted by Crippen LogP contribution is -1.92. The Kier molecular flexibility index (Phi) is 3.22. The lowest BCUT2D eigenvalue weighted by Gasteiger charge is -2.08. The van der Waals surface area contributed by atoms with Gasteiger partial charge in [0.25, 0.3) is 0 Å². The lowest BCUT2D eigenvalue weighted by atomic mass is 10.3. The van der Waals surface area contributed by atoms with E-state index in [0.717, 1.165) is 0 Å². The maximum absolute atomic E-state index is 5.62. The number of halogens is 1. The minimum Gasteiger partial charge on any atom is -0.493 e. The number of rotatable bonds is 3. The van der Waals surface area contributed by atoms with E-state index in [-0.39, 0.29) is 0 Å². The second-order valence-electron chi connectivity index (χ2n) is 2.95. The van der Waals surface area contributed by atoms with Crippen molar-refractivity contribution in [2.45, 2.75) is 0 Å². The van der Waals surface area contributed by atoms with Crippen molar-refractivity contribution in [1.29, 1.82) is 0 Å². The molecule has 0 aliphatic carbocycles. The number of hydrogen-bond acceptors (Lipinski definition) is 4. The van der Waals surface area contributed by atoms with Crippen LogP contribution in [-0.2, 0) is 0 Å². The van der Waals surface area contributed by atoms with Crippen molar-refractivity contribution in [2.75, 3.05) is 7.11 Å². The van der Waals surface area contributed by atoms with Gasteiger partial charge in [0.1, 0.15) is 0 Å². The van der Waals surface area contributed by atoms with Crippen LogP contribution in [0, 0.1) is 0 Å². The predicted octanol–water partition coefficient (Wildman–Crippen LogP) is 2.93. The lowest BCUT2D eigenvalue weighted by molar-refractivity contribution is 0.372. The first-order valence-electron chi connectivity index (χ1n) is 4.59. The van der Waals surface area contributed by atoms with Gasteiger partial charge in [0.05, 0.1) is 7.11 Å². The van der Waals surface area contributed by atoms with E-state index in [9.17, 15) is 0 Å². The fourth-order valence-corrected chi connectivity index (χ4v) is 1.27. The summed E-state index contributed by atoms with van der Waals surface area (Å²) in [5, 5.41) is 7.80. The van der Waals surface area contributed by atoms with E-state index >= 15 is 0 Å². The molecule has 1 aromatic heterocycles. The number of nitrogens with zero attached hydrogens (tertiary/aromatic N) is 2. The quantitative estimate of drug-likeness (QED) is 0.822. The third kappa shape index (κ3) is 2.41. The van der Waals surface area contributed by atoms with Crippen LogP contribution in [0.5, 0.6) is 17.4 Å². The summed E-state index contributed by atoms with van der Waals surface area (Å²) < 4.78 is 10.6. The van der Waals surface area contributed by atoms with Crippen LogP contribution in [0.2, 0.25) is 5.15 Å². The Morgan fingerprint density at radius 2 is 1.75 bits per heavy atom. The molecule has 0 atom stereocenters. The Morgan fingerprint density at radius 1 is 1.00 bits per heavy atom. The average molecular weight is 237 g/mol. The number of hydrogen-bond donors (Lipinski definition) is 0. The summed E-state index contributed by atoms with van der Waals surface area (Å²) in [7, 11) is 1.58. The van der Waals surface area contributed by atoms with Crippen molar-refractivity contribution in [2.24, 2.45) is 0 Å². The van der Waals surface area contributed by atoms with Crippen LogP contribution >= 0.6 is 11.6 Å². The highest BCUT2D eigenvalue weighted by atomic mass is 35.5. The maximum Gasteiger partial charge on any atom is 0.239 e. The maximum atomic E-state index is 5.62. The molecule has 16 heavy (non-hydrogen) atoms. The molecule has 0 saturated heterocycles. The molecule has 1 heterocycles. The average Bonchev–Trinajstić information content (AvgIpc) is 2.33. The Hall–Kier alpha value is -1.81. The van der Waals surface area contributed by atoms with Crippen LogP contribution in [0.15, 0.2) is 36.4 Å². The standard InChI is InChI=1S/C11H9ClN2O2/c1-15-8-4-2-3-5-9(8)16-11-7-6-10(12)13-14-11/h2-7H,1H3. The topological polar surface area (TPSA) is 44.2 Å². The molecular weight excluding hydrogens is 228 g/mol. The molecule has 0 aliphatic rings. The van der Waals surface area contributed by atoms with E-state index in [1.54, 1.807) is 31.4 Å². The summed E-state index contributed by atoms with van der Waals surface area (Å²) in [6.45, 7) is 0. The van der Waals surface area contributed by atoms with Gasteiger partial charge in [-0.1, -0.05) is 23.7 Å². The van der Waals surface area contributed by atoms with Gasteiger partial charge in [0, 0.05) is 6.07 Å². The van der Waals surface area contributed by atoms with Crippen LogP contribution in [0.1, 0.15) is 0 Å². The zero-order valence-corrected chi connectivity index (χ0v) is 9.31. The van der Waals surface area contributed by atoms with Crippen LogP contribution in [0.4, 0.5) is 0 Å². The Morgan fingerprint density at radius 3 is 2.38 bits per heavy atom. The van der Waals surface area contributed by atoms with Gasteiger partial charge in [-0.15, -0.1) is 10.2 Å². The molecule has 0 aliphatic heterocycles. The van der Waals surface area contributed by atoms with Gasteiger partial charge in [-0.2, -0.15) is 0 Å². The third-order valence-electron chi connectivity index (χ3n) is 1.89. The second kappa shape index (κ2) is 4.81. The van der Waals surface area contributed by atoms with Crippen molar-refractivity contribution >= 4 is 11.6 Å². The Labute approximate surface area is 97.8 Å². The number of aromatic nitrogens is 2. The van der Waals surface area contributed by atoms with Gasteiger partial charge in [-0.25, -0.2) is 0 Å². The highest BCUT2D eigenvalue weighted by Gasteiger charge is 2.05. The molecule has 2 rings (SSSR count). The summed E-state index contributed by atoms with van der Waals surface area (Å²) in [5.41, 5.74) is 0. The SMILES string of the molecule is COc1ccccc1Oc1ccc(Cl)nn1. The molecular formula is C11H9ClN2O2. The highest BCUT2D eigenvalue weighted by Crippen LogP contribution is 2.29. The van der Waals surface area contributed by atoms with E-state index in [1.807, 2.05) is 12.1 Å². The smallest absolute Gasteiger partial charge is 0.239 e. The van der Waals surface area contributed by atoms with Crippen LogP contribution in [-0.4, -0.2) is 17.3 Å². The molecule has 2 aromatic rings. The summed E-state index contributed by atoms with van der Waals surface area (Å²) in [5.74, 6) is 1.59. The van der Waals surface area contributed by atoms with Crippen molar-refractivity contribution in [3.05, 3.63) is 41.6 Å². The van der Waals surface area contributed by atoms with E-state index < -0.39 is 0 Å². The monoisotopic (exact) mass is 236 g/mol. The van der Waals surface area contributed by atoms with Crippen molar-refractivity contribution in [3.63, 3.8) is 0 Å². The van der Waals surface area contributed by atoms with Gasteiger partial charge in [-0.05, 0) is 18.2 Å². The third-order valence-corrected chi connectivity index (χ3v) is 2.09. The van der Waals surface area contributed by atoms with Crippen LogP contribution in [0.25, 0.3) is 0 Å². The molecule has 0 N–H and O–H groups in total. The van der Waals surface area contributed by atoms with Gasteiger partial charge >= 0.3 is 0 Å². The van der Waals surface area contributed by atoms with Gasteiger partial charge < -0.3 is 9.47 Å². The Balaban J connectivity index is 2.23. The molecule has 0 bridgehead atoms. The van der Waals surface area contributed by atoms with E-state index in [4.69, 9.17) is 21.1 Å². The number of para-hydroxylation sites is 2. The molecule has 5 heteroatoms. The summed E-state index contributed by atoms with van der Waals surface area (Å²) in [6, 6.07) is 10.6. The van der Waals surface area contributed by atoms with Gasteiger partial charge in [0.2, 0.25) is 5.88 Å². The van der Waals surface area contributed by atoms with E-state index in [2.05, 4.69) is 10.2 Å². The first kappa shape index (κ1) is 10.7. The van der Waals surface area contributed by atoms with Crippen LogP contribution in [0.3, 0.4) is 0 Å². The van der Waals surface area contributed by atoms with Crippen LogP contribution < -0.4 is 9.47 Å². The second-order valence-corrected chi connectivity index (χ2v) is 3.33. The fourth-order valence-electron chi connectivity index (χ4n) is 1.17. The molecule has 0 unspecified atom stereocenters. The molecule has 0 saturated carbocycles. The molecule has 1 aromatic carbocycles. The Bertz CT molecular complexity index is 474. The zero-order chi connectivity index (χ0) is 11.4. The van der Waals surface area contributed by atoms with Crippen molar-refractivity contribution in [1.82, 2.24) is 10.2 Å². The molecule has 0 amide bonds. The van der Waals surface area contributed by atoms with E-state index in [1.165, 1.54) is 0 Å².